The Morgan fingerprint density at radius 3 is 2.42 bits per heavy atom. The quantitative estimate of drug-likeness (QED) is 0.921. The maximum absolute atomic E-state index is 14.2. The first-order chi connectivity index (χ1) is 11.4. The van der Waals surface area contributed by atoms with Crippen LogP contribution in [0.25, 0.3) is 11.1 Å². The molecule has 0 atom stereocenters. The molecule has 2 aromatic rings. The van der Waals surface area contributed by atoms with Crippen molar-refractivity contribution in [3.8, 4) is 11.1 Å². The molecular weight excluding hydrogens is 333 g/mol. The van der Waals surface area contributed by atoms with Crippen molar-refractivity contribution in [2.45, 2.75) is 17.7 Å². The number of benzene rings is 2. The third-order valence-electron chi connectivity index (χ3n) is 4.06. The Labute approximate surface area is 139 Å². The fourth-order valence-electron chi connectivity index (χ4n) is 2.78. The third-order valence-corrected chi connectivity index (χ3v) is 5.96. The summed E-state index contributed by atoms with van der Waals surface area (Å²) in [6.45, 7) is 0.989. The van der Waals surface area contributed by atoms with Crippen LogP contribution in [0.15, 0.2) is 47.4 Å². The van der Waals surface area contributed by atoms with Gasteiger partial charge in [0, 0.05) is 18.7 Å². The summed E-state index contributed by atoms with van der Waals surface area (Å²) in [7, 11) is -3.59. The first kappa shape index (κ1) is 16.6. The second-order valence-electron chi connectivity index (χ2n) is 5.64. The zero-order valence-electron chi connectivity index (χ0n) is 12.8. The Hall–Kier alpha value is -2.25. The smallest absolute Gasteiger partial charge is 0.335 e. The summed E-state index contributed by atoms with van der Waals surface area (Å²) >= 11 is 0. The van der Waals surface area contributed by atoms with Crippen LogP contribution in [0.2, 0.25) is 0 Å². The molecule has 24 heavy (non-hydrogen) atoms. The van der Waals surface area contributed by atoms with Gasteiger partial charge < -0.3 is 5.11 Å². The minimum absolute atomic E-state index is 0.114. The topological polar surface area (TPSA) is 74.7 Å². The van der Waals surface area contributed by atoms with E-state index in [0.717, 1.165) is 18.9 Å². The average molecular weight is 349 g/mol. The third kappa shape index (κ3) is 3.05. The van der Waals surface area contributed by atoms with E-state index in [-0.39, 0.29) is 16.0 Å². The molecule has 1 saturated heterocycles. The fraction of sp³-hybridized carbons (Fsp3) is 0.235. The molecule has 2 aromatic carbocycles. The number of carboxylic acids is 1. The largest absolute Gasteiger partial charge is 0.478 e. The van der Waals surface area contributed by atoms with Gasteiger partial charge in [-0.1, -0.05) is 18.2 Å². The maximum Gasteiger partial charge on any atom is 0.335 e. The van der Waals surface area contributed by atoms with Crippen molar-refractivity contribution >= 4 is 16.0 Å². The monoisotopic (exact) mass is 349 g/mol. The lowest BCUT2D eigenvalue weighted by Gasteiger charge is -2.16. The molecule has 0 unspecified atom stereocenters. The van der Waals surface area contributed by atoms with Crippen LogP contribution in [0.1, 0.15) is 23.2 Å². The highest BCUT2D eigenvalue weighted by atomic mass is 32.2. The average Bonchev–Trinajstić information content (AvgIpc) is 3.10. The molecule has 0 bridgehead atoms. The van der Waals surface area contributed by atoms with Crippen LogP contribution in [-0.2, 0) is 10.0 Å². The molecule has 0 aromatic heterocycles. The van der Waals surface area contributed by atoms with Gasteiger partial charge in [0.25, 0.3) is 0 Å². The van der Waals surface area contributed by atoms with Crippen molar-refractivity contribution in [2.75, 3.05) is 13.1 Å². The molecule has 1 fully saturated rings. The number of rotatable bonds is 4. The summed E-state index contributed by atoms with van der Waals surface area (Å²) in [5.41, 5.74) is 0.403. The molecule has 0 aliphatic carbocycles. The van der Waals surface area contributed by atoms with E-state index in [4.69, 9.17) is 5.11 Å². The van der Waals surface area contributed by atoms with Crippen LogP contribution < -0.4 is 0 Å². The zero-order chi connectivity index (χ0) is 17.3. The van der Waals surface area contributed by atoms with E-state index in [1.165, 1.54) is 28.6 Å². The Kier molecular flexibility index (Phi) is 4.38. The molecule has 5 nitrogen and oxygen atoms in total. The molecule has 3 rings (SSSR count). The van der Waals surface area contributed by atoms with Crippen LogP contribution in [0.3, 0.4) is 0 Å². The normalized spacial score (nSPS) is 15.5. The Morgan fingerprint density at radius 2 is 1.79 bits per heavy atom. The van der Waals surface area contributed by atoms with Gasteiger partial charge in [-0.2, -0.15) is 4.31 Å². The summed E-state index contributed by atoms with van der Waals surface area (Å²) in [5.74, 6) is -1.92. The highest BCUT2D eigenvalue weighted by molar-refractivity contribution is 7.89. The summed E-state index contributed by atoms with van der Waals surface area (Å²) in [6, 6.07) is 9.64. The number of hydrogen-bond donors (Lipinski definition) is 1. The van der Waals surface area contributed by atoms with E-state index >= 15 is 0 Å². The van der Waals surface area contributed by atoms with E-state index in [9.17, 15) is 17.6 Å². The van der Waals surface area contributed by atoms with Crippen LogP contribution in [0, 0.1) is 5.82 Å². The SMILES string of the molecule is O=C(O)c1ccc(-c2cccc(S(=O)(=O)N3CCCC3)c2)c(F)c1. The number of hydrogen-bond acceptors (Lipinski definition) is 3. The Bertz CT molecular complexity index is 889. The molecule has 126 valence electrons. The lowest BCUT2D eigenvalue weighted by Crippen LogP contribution is -2.27. The maximum atomic E-state index is 14.2. The summed E-state index contributed by atoms with van der Waals surface area (Å²) in [6.07, 6.45) is 1.67. The van der Waals surface area contributed by atoms with E-state index in [0.29, 0.717) is 18.7 Å². The van der Waals surface area contributed by atoms with Crippen LogP contribution in [0.5, 0.6) is 0 Å². The van der Waals surface area contributed by atoms with Gasteiger partial charge in [-0.15, -0.1) is 0 Å². The van der Waals surface area contributed by atoms with Crippen molar-refractivity contribution in [1.82, 2.24) is 4.31 Å². The molecular formula is C17H16FNO4S. The molecule has 0 radical (unpaired) electrons. The number of nitrogens with zero attached hydrogens (tertiary/aromatic N) is 1. The number of halogens is 1. The molecule has 7 heteroatoms. The van der Waals surface area contributed by atoms with Gasteiger partial charge in [0.05, 0.1) is 10.5 Å². The predicted molar refractivity (Wildman–Crippen MR) is 86.8 cm³/mol. The Balaban J connectivity index is 2.01. The predicted octanol–water partition coefficient (Wildman–Crippen LogP) is 2.98. The van der Waals surface area contributed by atoms with Crippen molar-refractivity contribution in [2.24, 2.45) is 0 Å². The van der Waals surface area contributed by atoms with Crippen LogP contribution >= 0.6 is 0 Å². The molecule has 1 aliphatic heterocycles. The van der Waals surface area contributed by atoms with E-state index < -0.39 is 21.8 Å². The van der Waals surface area contributed by atoms with E-state index in [1.54, 1.807) is 12.1 Å². The second kappa shape index (κ2) is 6.33. The number of sulfonamides is 1. The molecule has 0 amide bonds. The van der Waals surface area contributed by atoms with Gasteiger partial charge in [0.1, 0.15) is 5.82 Å². The number of carboxylic acid groups (broad SMARTS) is 1. The molecule has 1 N–H and O–H groups in total. The van der Waals surface area contributed by atoms with Crippen molar-refractivity contribution < 1.29 is 22.7 Å². The molecule has 0 spiro atoms. The molecule has 0 saturated carbocycles. The minimum Gasteiger partial charge on any atom is -0.478 e. The van der Waals surface area contributed by atoms with Crippen LogP contribution in [0.4, 0.5) is 4.39 Å². The van der Waals surface area contributed by atoms with Crippen molar-refractivity contribution in [3.05, 3.63) is 53.8 Å². The van der Waals surface area contributed by atoms with Gasteiger partial charge in [-0.25, -0.2) is 17.6 Å². The highest BCUT2D eigenvalue weighted by Crippen LogP contribution is 2.28. The fourth-order valence-corrected chi connectivity index (χ4v) is 4.35. The second-order valence-corrected chi connectivity index (χ2v) is 7.58. The van der Waals surface area contributed by atoms with Crippen molar-refractivity contribution in [3.63, 3.8) is 0 Å². The van der Waals surface area contributed by atoms with Gasteiger partial charge in [0.2, 0.25) is 10.0 Å². The summed E-state index contributed by atoms with van der Waals surface area (Å²) < 4.78 is 40.8. The van der Waals surface area contributed by atoms with Gasteiger partial charge >= 0.3 is 5.97 Å². The lowest BCUT2D eigenvalue weighted by molar-refractivity contribution is 0.0696. The van der Waals surface area contributed by atoms with E-state index in [2.05, 4.69) is 0 Å². The standard InChI is InChI=1S/C17H16FNO4S/c18-16-11-13(17(20)21)6-7-15(16)12-4-3-5-14(10-12)24(22,23)19-8-1-2-9-19/h3-7,10-11H,1-2,8-9H2,(H,20,21). The summed E-state index contributed by atoms with van der Waals surface area (Å²) in [5, 5.41) is 8.89. The lowest BCUT2D eigenvalue weighted by atomic mass is 10.0. The highest BCUT2D eigenvalue weighted by Gasteiger charge is 2.27. The summed E-state index contributed by atoms with van der Waals surface area (Å²) in [4.78, 5) is 11.0. The zero-order valence-corrected chi connectivity index (χ0v) is 13.6. The van der Waals surface area contributed by atoms with Gasteiger partial charge in [-0.3, -0.25) is 0 Å². The van der Waals surface area contributed by atoms with E-state index in [1.807, 2.05) is 0 Å². The number of carbonyl (C=O) groups is 1. The first-order valence-corrected chi connectivity index (χ1v) is 8.97. The van der Waals surface area contributed by atoms with Crippen LogP contribution in [-0.4, -0.2) is 36.9 Å². The molecule has 1 aliphatic rings. The van der Waals surface area contributed by atoms with Gasteiger partial charge in [-0.05, 0) is 42.7 Å². The first-order valence-electron chi connectivity index (χ1n) is 7.53. The Morgan fingerprint density at radius 1 is 1.08 bits per heavy atom. The van der Waals surface area contributed by atoms with Gasteiger partial charge in [0.15, 0.2) is 0 Å². The van der Waals surface area contributed by atoms with Crippen molar-refractivity contribution in [1.29, 1.82) is 0 Å². The minimum atomic E-state index is -3.59. The number of aromatic carboxylic acids is 1. The molecule has 1 heterocycles.